The number of hydrogen-bond acceptors (Lipinski definition) is 4. The zero-order valence-electron chi connectivity index (χ0n) is 15.6. The SMILES string of the molecule is NCc1ccc(N=C(c2ccccc2)c2c(O)[nH]c3ccc(C(N)=O)cc23)cc1. The predicted octanol–water partition coefficient (Wildman–Crippen LogP) is 3.60. The van der Waals surface area contributed by atoms with Crippen LogP contribution in [-0.4, -0.2) is 21.7 Å². The number of carbonyl (C=O) groups is 1. The van der Waals surface area contributed by atoms with Gasteiger partial charge in [0.05, 0.1) is 17.0 Å². The third-order valence-corrected chi connectivity index (χ3v) is 4.76. The highest BCUT2D eigenvalue weighted by molar-refractivity contribution is 6.22. The predicted molar refractivity (Wildman–Crippen MR) is 115 cm³/mol. The van der Waals surface area contributed by atoms with E-state index in [1.54, 1.807) is 18.2 Å². The normalized spacial score (nSPS) is 11.7. The molecule has 0 atom stereocenters. The van der Waals surface area contributed by atoms with E-state index in [1.165, 1.54) is 0 Å². The van der Waals surface area contributed by atoms with E-state index in [0.717, 1.165) is 16.8 Å². The number of nitrogens with zero attached hydrogens (tertiary/aromatic N) is 1. The molecule has 0 aliphatic rings. The Labute approximate surface area is 167 Å². The molecule has 0 bridgehead atoms. The van der Waals surface area contributed by atoms with Gasteiger partial charge in [0.25, 0.3) is 0 Å². The van der Waals surface area contributed by atoms with Crippen molar-refractivity contribution in [1.82, 2.24) is 4.98 Å². The molecular weight excluding hydrogens is 364 g/mol. The fourth-order valence-electron chi connectivity index (χ4n) is 3.27. The van der Waals surface area contributed by atoms with Crippen LogP contribution in [0.4, 0.5) is 5.69 Å². The number of H-pyrrole nitrogens is 1. The van der Waals surface area contributed by atoms with Gasteiger partial charge in [-0.15, -0.1) is 0 Å². The van der Waals surface area contributed by atoms with E-state index in [4.69, 9.17) is 16.5 Å². The van der Waals surface area contributed by atoms with Gasteiger partial charge in [0.15, 0.2) is 5.88 Å². The van der Waals surface area contributed by atoms with Crippen molar-refractivity contribution in [3.05, 3.63) is 95.1 Å². The molecule has 1 heterocycles. The summed E-state index contributed by atoms with van der Waals surface area (Å²) >= 11 is 0. The number of benzene rings is 3. The molecule has 4 rings (SSSR count). The van der Waals surface area contributed by atoms with Crippen molar-refractivity contribution >= 4 is 28.2 Å². The van der Waals surface area contributed by atoms with E-state index in [0.29, 0.717) is 34.3 Å². The van der Waals surface area contributed by atoms with E-state index in [9.17, 15) is 9.90 Å². The molecule has 6 N–H and O–H groups in total. The number of nitrogens with two attached hydrogens (primary N) is 2. The number of primary amides is 1. The lowest BCUT2D eigenvalue weighted by Crippen LogP contribution is -2.10. The van der Waals surface area contributed by atoms with Crippen molar-refractivity contribution in [2.75, 3.05) is 0 Å². The van der Waals surface area contributed by atoms with Crippen LogP contribution in [-0.2, 0) is 6.54 Å². The first-order valence-electron chi connectivity index (χ1n) is 9.15. The van der Waals surface area contributed by atoms with Crippen LogP contribution in [0.1, 0.15) is 27.0 Å². The van der Waals surface area contributed by atoms with Crippen LogP contribution in [0.2, 0.25) is 0 Å². The van der Waals surface area contributed by atoms with E-state index >= 15 is 0 Å². The number of fused-ring (bicyclic) bond motifs is 1. The maximum Gasteiger partial charge on any atom is 0.248 e. The number of aliphatic imine (C=N–C) groups is 1. The first-order chi connectivity index (χ1) is 14.1. The van der Waals surface area contributed by atoms with Crippen molar-refractivity contribution in [3.63, 3.8) is 0 Å². The molecule has 1 amide bonds. The van der Waals surface area contributed by atoms with Gasteiger partial charge in [0, 0.05) is 28.6 Å². The summed E-state index contributed by atoms with van der Waals surface area (Å²) in [5.41, 5.74) is 15.8. The second-order valence-electron chi connectivity index (χ2n) is 6.67. The van der Waals surface area contributed by atoms with E-state index < -0.39 is 5.91 Å². The maximum atomic E-state index is 11.7. The second kappa shape index (κ2) is 7.61. The smallest absolute Gasteiger partial charge is 0.248 e. The Hall–Kier alpha value is -3.90. The van der Waals surface area contributed by atoms with Gasteiger partial charge in [0.2, 0.25) is 5.91 Å². The maximum absolute atomic E-state index is 11.7. The van der Waals surface area contributed by atoms with E-state index in [-0.39, 0.29) is 5.88 Å². The Balaban J connectivity index is 1.96. The number of aromatic amines is 1. The number of aromatic hydroxyl groups is 1. The minimum Gasteiger partial charge on any atom is -0.494 e. The fourth-order valence-corrected chi connectivity index (χ4v) is 3.27. The quantitative estimate of drug-likeness (QED) is 0.394. The molecule has 0 radical (unpaired) electrons. The van der Waals surface area contributed by atoms with Crippen molar-refractivity contribution in [2.45, 2.75) is 6.54 Å². The van der Waals surface area contributed by atoms with Gasteiger partial charge in [-0.2, -0.15) is 0 Å². The van der Waals surface area contributed by atoms with Gasteiger partial charge in [-0.25, -0.2) is 4.99 Å². The Kier molecular flexibility index (Phi) is 4.85. The molecule has 0 saturated heterocycles. The number of nitrogens with one attached hydrogen (secondary N) is 1. The Morgan fingerprint density at radius 3 is 2.34 bits per heavy atom. The molecule has 0 aliphatic carbocycles. The van der Waals surface area contributed by atoms with Crippen LogP contribution in [0.25, 0.3) is 10.9 Å². The monoisotopic (exact) mass is 384 g/mol. The molecule has 144 valence electrons. The summed E-state index contributed by atoms with van der Waals surface area (Å²) in [4.78, 5) is 19.4. The Morgan fingerprint density at radius 1 is 0.966 bits per heavy atom. The van der Waals surface area contributed by atoms with Gasteiger partial charge < -0.3 is 21.6 Å². The molecule has 3 aromatic carbocycles. The minimum absolute atomic E-state index is 0.0252. The van der Waals surface area contributed by atoms with Gasteiger partial charge in [0.1, 0.15) is 0 Å². The topological polar surface area (TPSA) is 117 Å². The first kappa shape index (κ1) is 18.5. The summed E-state index contributed by atoms with van der Waals surface area (Å²) in [6, 6.07) is 22.2. The van der Waals surface area contributed by atoms with Crippen LogP contribution in [0.5, 0.6) is 5.88 Å². The van der Waals surface area contributed by atoms with Crippen LogP contribution >= 0.6 is 0 Å². The van der Waals surface area contributed by atoms with Crippen LogP contribution in [0, 0.1) is 0 Å². The van der Waals surface area contributed by atoms with Crippen molar-refractivity contribution < 1.29 is 9.90 Å². The Bertz CT molecular complexity index is 1210. The standard InChI is InChI=1S/C23H20N4O2/c24-13-14-6-9-17(10-7-14)26-21(15-4-2-1-3-5-15)20-18-12-16(22(25)28)8-11-19(18)27-23(20)29/h1-12,27,29H,13,24H2,(H2,25,28). The number of carbonyl (C=O) groups excluding carboxylic acids is 1. The van der Waals surface area contributed by atoms with Crippen molar-refractivity contribution in [3.8, 4) is 5.88 Å². The lowest BCUT2D eigenvalue weighted by atomic mass is 9.99. The molecule has 29 heavy (non-hydrogen) atoms. The Morgan fingerprint density at radius 2 is 1.69 bits per heavy atom. The molecule has 0 spiro atoms. The lowest BCUT2D eigenvalue weighted by Gasteiger charge is -2.08. The minimum atomic E-state index is -0.533. The summed E-state index contributed by atoms with van der Waals surface area (Å²) in [7, 11) is 0. The van der Waals surface area contributed by atoms with Crippen LogP contribution in [0.3, 0.4) is 0 Å². The summed E-state index contributed by atoms with van der Waals surface area (Å²) < 4.78 is 0. The summed E-state index contributed by atoms with van der Waals surface area (Å²) in [6.07, 6.45) is 0. The summed E-state index contributed by atoms with van der Waals surface area (Å²) in [5.74, 6) is -0.558. The molecular formula is C23H20N4O2. The zero-order chi connectivity index (χ0) is 20.4. The average molecular weight is 384 g/mol. The largest absolute Gasteiger partial charge is 0.494 e. The summed E-state index contributed by atoms with van der Waals surface area (Å²) in [5, 5.41) is 11.4. The van der Waals surface area contributed by atoms with Crippen molar-refractivity contribution in [1.29, 1.82) is 0 Å². The number of amides is 1. The third kappa shape index (κ3) is 3.61. The van der Waals surface area contributed by atoms with E-state index in [1.807, 2.05) is 54.6 Å². The molecule has 1 aromatic heterocycles. The van der Waals surface area contributed by atoms with E-state index in [2.05, 4.69) is 4.98 Å². The van der Waals surface area contributed by atoms with Crippen molar-refractivity contribution in [2.24, 2.45) is 16.5 Å². The third-order valence-electron chi connectivity index (χ3n) is 4.76. The molecule has 0 fully saturated rings. The summed E-state index contributed by atoms with van der Waals surface area (Å²) in [6.45, 7) is 0.453. The fraction of sp³-hybridized carbons (Fsp3) is 0.0435. The molecule has 6 nitrogen and oxygen atoms in total. The molecule has 0 aliphatic heterocycles. The van der Waals surface area contributed by atoms with Gasteiger partial charge in [-0.05, 0) is 35.9 Å². The van der Waals surface area contributed by atoms with Gasteiger partial charge in [-0.3, -0.25) is 4.79 Å². The lowest BCUT2D eigenvalue weighted by molar-refractivity contribution is 0.100. The zero-order valence-corrected chi connectivity index (χ0v) is 15.6. The molecule has 6 heteroatoms. The van der Waals surface area contributed by atoms with Crippen LogP contribution < -0.4 is 11.5 Å². The number of hydrogen-bond donors (Lipinski definition) is 4. The molecule has 0 saturated carbocycles. The van der Waals surface area contributed by atoms with Gasteiger partial charge >= 0.3 is 0 Å². The van der Waals surface area contributed by atoms with Crippen LogP contribution in [0.15, 0.2) is 77.8 Å². The average Bonchev–Trinajstić information content (AvgIpc) is 3.07. The highest BCUT2D eigenvalue weighted by atomic mass is 16.3. The number of rotatable bonds is 5. The first-order valence-corrected chi connectivity index (χ1v) is 9.15. The van der Waals surface area contributed by atoms with Gasteiger partial charge in [-0.1, -0.05) is 42.5 Å². The highest BCUT2D eigenvalue weighted by Gasteiger charge is 2.19. The highest BCUT2D eigenvalue weighted by Crippen LogP contribution is 2.32. The molecule has 0 unspecified atom stereocenters. The second-order valence-corrected chi connectivity index (χ2v) is 6.67. The number of aromatic nitrogens is 1. The molecule has 4 aromatic rings.